The predicted molar refractivity (Wildman–Crippen MR) is 81.7 cm³/mol. The van der Waals surface area contributed by atoms with Gasteiger partial charge in [0.25, 0.3) is 5.91 Å². The van der Waals surface area contributed by atoms with Crippen LogP contribution in [0.2, 0.25) is 5.02 Å². The highest BCUT2D eigenvalue weighted by Gasteiger charge is 2.13. The van der Waals surface area contributed by atoms with E-state index in [1.165, 1.54) is 11.3 Å². The Morgan fingerprint density at radius 3 is 2.90 bits per heavy atom. The number of hydrogen-bond donors (Lipinski definition) is 1. The first-order valence-corrected chi connectivity index (χ1v) is 7.58. The number of carbonyl (C=O) groups excluding carboxylic acids is 1. The summed E-state index contributed by atoms with van der Waals surface area (Å²) >= 11 is 7.63. The molecule has 106 valence electrons. The van der Waals surface area contributed by atoms with Gasteiger partial charge in [0, 0.05) is 17.5 Å². The molecule has 6 heteroatoms. The summed E-state index contributed by atoms with van der Waals surface area (Å²) in [6, 6.07) is 5.46. The smallest absolute Gasteiger partial charge is 0.270 e. The van der Waals surface area contributed by atoms with Crippen molar-refractivity contribution >= 4 is 28.8 Å². The van der Waals surface area contributed by atoms with Crippen LogP contribution in [-0.4, -0.2) is 24.0 Å². The standard InChI is InChI=1S/C14H15ClN2O2S/c1-3-16-13(18)12-8-20-14(17-12)10-6-5-9(19-4-2)7-11(10)15/h5-8H,3-4H2,1-2H3,(H,16,18). The molecule has 4 nitrogen and oxygen atoms in total. The Labute approximate surface area is 126 Å². The highest BCUT2D eigenvalue weighted by molar-refractivity contribution is 7.13. The minimum absolute atomic E-state index is 0.169. The van der Waals surface area contributed by atoms with Crippen LogP contribution < -0.4 is 10.1 Å². The Morgan fingerprint density at radius 2 is 2.25 bits per heavy atom. The van der Waals surface area contributed by atoms with Crippen LogP contribution in [0.15, 0.2) is 23.6 Å². The van der Waals surface area contributed by atoms with Gasteiger partial charge in [0.1, 0.15) is 16.5 Å². The minimum atomic E-state index is -0.169. The number of benzene rings is 1. The van der Waals surface area contributed by atoms with E-state index >= 15 is 0 Å². The molecular formula is C14H15ClN2O2S. The fraction of sp³-hybridized carbons (Fsp3) is 0.286. The van der Waals surface area contributed by atoms with Gasteiger partial charge < -0.3 is 10.1 Å². The maximum atomic E-state index is 11.7. The van der Waals surface area contributed by atoms with E-state index in [9.17, 15) is 4.79 Å². The van der Waals surface area contributed by atoms with Crippen molar-refractivity contribution in [1.29, 1.82) is 0 Å². The van der Waals surface area contributed by atoms with Crippen molar-refractivity contribution in [2.24, 2.45) is 0 Å². The lowest BCUT2D eigenvalue weighted by atomic mass is 10.2. The summed E-state index contributed by atoms with van der Waals surface area (Å²) < 4.78 is 5.39. The average Bonchev–Trinajstić information content (AvgIpc) is 2.89. The number of carbonyl (C=O) groups is 1. The molecule has 0 saturated heterocycles. The molecule has 0 spiro atoms. The van der Waals surface area contributed by atoms with Crippen LogP contribution in [0.25, 0.3) is 10.6 Å². The van der Waals surface area contributed by atoms with E-state index in [-0.39, 0.29) is 5.91 Å². The predicted octanol–water partition coefficient (Wildman–Crippen LogP) is 3.61. The molecule has 0 aliphatic carbocycles. The van der Waals surface area contributed by atoms with Gasteiger partial charge in [-0.25, -0.2) is 4.98 Å². The van der Waals surface area contributed by atoms with E-state index in [1.807, 2.05) is 26.0 Å². The molecule has 0 aliphatic rings. The molecule has 1 aromatic heterocycles. The summed E-state index contributed by atoms with van der Waals surface area (Å²) in [5, 5.41) is 5.73. The molecule has 1 amide bonds. The van der Waals surface area contributed by atoms with Crippen molar-refractivity contribution in [1.82, 2.24) is 10.3 Å². The van der Waals surface area contributed by atoms with Crippen LogP contribution in [0.5, 0.6) is 5.75 Å². The van der Waals surface area contributed by atoms with Gasteiger partial charge in [-0.1, -0.05) is 11.6 Å². The van der Waals surface area contributed by atoms with Crippen molar-refractivity contribution in [3.8, 4) is 16.3 Å². The Balaban J connectivity index is 2.26. The molecule has 0 atom stereocenters. The number of hydrogen-bond acceptors (Lipinski definition) is 4. The van der Waals surface area contributed by atoms with Crippen LogP contribution in [0.4, 0.5) is 0 Å². The molecule has 0 aliphatic heterocycles. The second kappa shape index (κ2) is 6.72. The van der Waals surface area contributed by atoms with Gasteiger partial charge in [-0.05, 0) is 32.0 Å². The first kappa shape index (κ1) is 14.8. The Hall–Kier alpha value is -1.59. The molecule has 0 fully saturated rings. The van der Waals surface area contributed by atoms with Crippen molar-refractivity contribution in [3.63, 3.8) is 0 Å². The normalized spacial score (nSPS) is 10.3. The average molecular weight is 311 g/mol. The quantitative estimate of drug-likeness (QED) is 0.917. The Morgan fingerprint density at radius 1 is 1.45 bits per heavy atom. The largest absolute Gasteiger partial charge is 0.494 e. The van der Waals surface area contributed by atoms with Crippen molar-refractivity contribution < 1.29 is 9.53 Å². The van der Waals surface area contributed by atoms with E-state index in [2.05, 4.69) is 10.3 Å². The molecule has 0 saturated carbocycles. The third-order valence-electron chi connectivity index (χ3n) is 2.56. The van der Waals surface area contributed by atoms with Crippen molar-refractivity contribution in [3.05, 3.63) is 34.3 Å². The fourth-order valence-electron chi connectivity index (χ4n) is 1.68. The van der Waals surface area contributed by atoms with E-state index in [0.717, 1.165) is 16.3 Å². The third kappa shape index (κ3) is 3.29. The maximum Gasteiger partial charge on any atom is 0.270 e. The lowest BCUT2D eigenvalue weighted by molar-refractivity contribution is 0.0951. The van der Waals surface area contributed by atoms with Crippen LogP contribution in [0.1, 0.15) is 24.3 Å². The zero-order chi connectivity index (χ0) is 14.5. The summed E-state index contributed by atoms with van der Waals surface area (Å²) in [7, 11) is 0. The second-order valence-electron chi connectivity index (χ2n) is 3.97. The van der Waals surface area contributed by atoms with E-state index in [4.69, 9.17) is 16.3 Å². The number of ether oxygens (including phenoxy) is 1. The highest BCUT2D eigenvalue weighted by Crippen LogP contribution is 2.33. The summed E-state index contributed by atoms with van der Waals surface area (Å²) in [5.74, 6) is 0.554. The minimum Gasteiger partial charge on any atom is -0.494 e. The molecule has 0 unspecified atom stereocenters. The molecule has 1 aromatic carbocycles. The Bertz CT molecular complexity index is 613. The van der Waals surface area contributed by atoms with Crippen LogP contribution >= 0.6 is 22.9 Å². The van der Waals surface area contributed by atoms with Gasteiger partial charge in [0.2, 0.25) is 0 Å². The van der Waals surface area contributed by atoms with Gasteiger partial charge in [-0.2, -0.15) is 0 Å². The fourth-order valence-corrected chi connectivity index (χ4v) is 2.83. The maximum absolute atomic E-state index is 11.7. The van der Waals surface area contributed by atoms with Crippen molar-refractivity contribution in [2.75, 3.05) is 13.2 Å². The zero-order valence-corrected chi connectivity index (χ0v) is 12.8. The van der Waals surface area contributed by atoms with Gasteiger partial charge in [-0.15, -0.1) is 11.3 Å². The second-order valence-corrected chi connectivity index (χ2v) is 5.24. The first-order valence-electron chi connectivity index (χ1n) is 6.32. The monoisotopic (exact) mass is 310 g/mol. The SMILES string of the molecule is CCNC(=O)c1csc(-c2ccc(OCC)cc2Cl)n1. The van der Waals surface area contributed by atoms with Crippen LogP contribution in [0.3, 0.4) is 0 Å². The van der Waals surface area contributed by atoms with Gasteiger partial charge >= 0.3 is 0 Å². The number of amides is 1. The Kier molecular flexibility index (Phi) is 4.98. The molecule has 0 bridgehead atoms. The number of nitrogens with one attached hydrogen (secondary N) is 1. The van der Waals surface area contributed by atoms with Crippen LogP contribution in [0, 0.1) is 0 Å². The van der Waals surface area contributed by atoms with E-state index in [0.29, 0.717) is 23.9 Å². The van der Waals surface area contributed by atoms with Gasteiger partial charge in [0.05, 0.1) is 11.6 Å². The molecular weight excluding hydrogens is 296 g/mol. The van der Waals surface area contributed by atoms with Gasteiger partial charge in [-0.3, -0.25) is 4.79 Å². The molecule has 0 radical (unpaired) electrons. The third-order valence-corrected chi connectivity index (χ3v) is 3.74. The zero-order valence-electron chi connectivity index (χ0n) is 11.3. The molecule has 2 aromatic rings. The summed E-state index contributed by atoms with van der Waals surface area (Å²) in [6.07, 6.45) is 0. The number of aromatic nitrogens is 1. The summed E-state index contributed by atoms with van der Waals surface area (Å²) in [5.41, 5.74) is 1.22. The summed E-state index contributed by atoms with van der Waals surface area (Å²) in [4.78, 5) is 16.0. The molecule has 1 N–H and O–H groups in total. The number of nitrogens with zero attached hydrogens (tertiary/aromatic N) is 1. The molecule has 2 rings (SSSR count). The van der Waals surface area contributed by atoms with E-state index in [1.54, 1.807) is 11.4 Å². The molecule has 1 heterocycles. The van der Waals surface area contributed by atoms with Gasteiger partial charge in [0.15, 0.2) is 0 Å². The topological polar surface area (TPSA) is 51.2 Å². The summed E-state index contributed by atoms with van der Waals surface area (Å²) in [6.45, 7) is 4.96. The lowest BCUT2D eigenvalue weighted by Gasteiger charge is -2.05. The number of thiazole rings is 1. The van der Waals surface area contributed by atoms with Crippen LogP contribution in [-0.2, 0) is 0 Å². The van der Waals surface area contributed by atoms with E-state index < -0.39 is 0 Å². The first-order chi connectivity index (χ1) is 9.65. The highest BCUT2D eigenvalue weighted by atomic mass is 35.5. The number of rotatable bonds is 5. The number of halogens is 1. The lowest BCUT2D eigenvalue weighted by Crippen LogP contribution is -2.22. The van der Waals surface area contributed by atoms with Crippen molar-refractivity contribution in [2.45, 2.75) is 13.8 Å². The molecule has 20 heavy (non-hydrogen) atoms.